The van der Waals surface area contributed by atoms with Crippen LogP contribution in [-0.4, -0.2) is 32.2 Å². The molecule has 32 heavy (non-hydrogen) atoms. The van der Waals surface area contributed by atoms with E-state index in [0.717, 1.165) is 59.4 Å². The third kappa shape index (κ3) is 4.80. The van der Waals surface area contributed by atoms with Crippen molar-refractivity contribution in [1.29, 1.82) is 0 Å². The molecule has 6 heteroatoms. The lowest BCUT2D eigenvalue weighted by molar-refractivity contribution is -0.137. The van der Waals surface area contributed by atoms with E-state index in [0.29, 0.717) is 6.42 Å². The van der Waals surface area contributed by atoms with Gasteiger partial charge in [-0.3, -0.25) is 4.79 Å². The van der Waals surface area contributed by atoms with Crippen LogP contribution < -0.4 is 5.32 Å². The number of aromatic nitrogens is 3. The van der Waals surface area contributed by atoms with E-state index in [1.165, 1.54) is 5.56 Å². The fraction of sp³-hybridized carbons (Fsp3) is 0.269. The summed E-state index contributed by atoms with van der Waals surface area (Å²) < 4.78 is 1.89. The molecule has 0 spiro atoms. The predicted octanol–water partition coefficient (Wildman–Crippen LogP) is 5.68. The highest BCUT2D eigenvalue weighted by Crippen LogP contribution is 2.39. The van der Waals surface area contributed by atoms with E-state index in [-0.39, 0.29) is 6.42 Å². The highest BCUT2D eigenvalue weighted by molar-refractivity contribution is 5.98. The van der Waals surface area contributed by atoms with Gasteiger partial charge in [0.05, 0.1) is 0 Å². The Bertz CT molecular complexity index is 1180. The molecule has 0 amide bonds. The number of carboxylic acids is 1. The molecule has 2 N–H and O–H groups in total. The zero-order valence-electron chi connectivity index (χ0n) is 18.3. The molecule has 0 unspecified atom stereocenters. The van der Waals surface area contributed by atoms with Crippen molar-refractivity contribution in [1.82, 2.24) is 14.6 Å². The molecule has 0 aliphatic heterocycles. The van der Waals surface area contributed by atoms with Crippen LogP contribution in [0, 0.1) is 0 Å². The van der Waals surface area contributed by atoms with Gasteiger partial charge >= 0.3 is 5.97 Å². The average Bonchev–Trinajstić information content (AvgIpc) is 3.22. The maximum absolute atomic E-state index is 10.7. The van der Waals surface area contributed by atoms with E-state index in [4.69, 9.17) is 5.11 Å². The molecule has 2 aromatic heterocycles. The Hall–Kier alpha value is -3.67. The summed E-state index contributed by atoms with van der Waals surface area (Å²) in [4.78, 5) is 15.2. The van der Waals surface area contributed by atoms with Crippen molar-refractivity contribution in [3.8, 4) is 22.3 Å². The van der Waals surface area contributed by atoms with Gasteiger partial charge < -0.3 is 10.4 Å². The van der Waals surface area contributed by atoms with Gasteiger partial charge in [-0.2, -0.15) is 5.10 Å². The summed E-state index contributed by atoms with van der Waals surface area (Å²) in [6, 6.07) is 19.0. The number of fused-ring (bicyclic) bond motifs is 1. The van der Waals surface area contributed by atoms with Gasteiger partial charge in [-0.1, -0.05) is 67.9 Å². The highest BCUT2D eigenvalue weighted by atomic mass is 16.4. The van der Waals surface area contributed by atoms with E-state index in [1.54, 1.807) is 6.33 Å². The number of nitrogens with zero attached hydrogens (tertiary/aromatic N) is 3. The molecule has 0 bridgehead atoms. The average molecular weight is 429 g/mol. The second kappa shape index (κ2) is 10.1. The monoisotopic (exact) mass is 428 g/mol. The lowest BCUT2D eigenvalue weighted by Crippen LogP contribution is -2.06. The Morgan fingerprint density at radius 2 is 1.78 bits per heavy atom. The van der Waals surface area contributed by atoms with Crippen LogP contribution in [0.4, 0.5) is 5.82 Å². The maximum Gasteiger partial charge on any atom is 0.303 e. The highest BCUT2D eigenvalue weighted by Gasteiger charge is 2.18. The summed E-state index contributed by atoms with van der Waals surface area (Å²) in [6.07, 6.45) is 7.29. The van der Waals surface area contributed by atoms with Crippen LogP contribution in [0.3, 0.4) is 0 Å². The molecule has 0 aliphatic carbocycles. The van der Waals surface area contributed by atoms with Gasteiger partial charge in [0.25, 0.3) is 0 Å². The zero-order valence-corrected chi connectivity index (χ0v) is 18.3. The third-order valence-electron chi connectivity index (χ3n) is 5.67. The number of aryl methyl sites for hydroxylation is 1. The Balaban J connectivity index is 1.71. The molecular formula is C26H28N4O2. The van der Waals surface area contributed by atoms with Gasteiger partial charge in [-0.05, 0) is 36.0 Å². The summed E-state index contributed by atoms with van der Waals surface area (Å²) in [5.41, 5.74) is 6.72. The number of rotatable bonds is 10. The maximum atomic E-state index is 10.7. The van der Waals surface area contributed by atoms with Crippen LogP contribution in [0.2, 0.25) is 0 Å². The third-order valence-corrected chi connectivity index (χ3v) is 5.67. The van der Waals surface area contributed by atoms with Crippen molar-refractivity contribution in [3.05, 3.63) is 72.7 Å². The molecule has 0 radical (unpaired) electrons. The number of carboxylic acid groups (broad SMARTS) is 1. The second-order valence-electron chi connectivity index (χ2n) is 7.87. The minimum atomic E-state index is -0.740. The van der Waals surface area contributed by atoms with Crippen molar-refractivity contribution >= 4 is 17.3 Å². The van der Waals surface area contributed by atoms with Gasteiger partial charge in [0.2, 0.25) is 0 Å². The van der Waals surface area contributed by atoms with Crippen molar-refractivity contribution in [2.24, 2.45) is 0 Å². The predicted molar refractivity (Wildman–Crippen MR) is 128 cm³/mol. The fourth-order valence-corrected chi connectivity index (χ4v) is 3.96. The number of aliphatic carboxylic acids is 1. The number of nitrogens with one attached hydrogen (secondary N) is 1. The van der Waals surface area contributed by atoms with E-state index < -0.39 is 5.97 Å². The molecule has 2 heterocycles. The first-order valence-corrected chi connectivity index (χ1v) is 11.1. The van der Waals surface area contributed by atoms with Crippen LogP contribution in [0.15, 0.2) is 67.1 Å². The molecule has 4 rings (SSSR count). The van der Waals surface area contributed by atoms with Gasteiger partial charge in [0, 0.05) is 30.3 Å². The van der Waals surface area contributed by atoms with Crippen LogP contribution in [0.25, 0.3) is 27.8 Å². The SMILES string of the molecule is CCc1ccc(-c2c(-c3ccccc3)cn3ncnc(NCCCCCC(=O)O)c23)cc1. The number of hydrogen-bond acceptors (Lipinski definition) is 4. The minimum Gasteiger partial charge on any atom is -0.481 e. The van der Waals surface area contributed by atoms with Crippen molar-refractivity contribution < 1.29 is 9.90 Å². The van der Waals surface area contributed by atoms with Crippen LogP contribution in [0.1, 0.15) is 38.2 Å². The molecule has 0 saturated heterocycles. The van der Waals surface area contributed by atoms with E-state index in [9.17, 15) is 4.79 Å². The summed E-state index contributed by atoms with van der Waals surface area (Å²) >= 11 is 0. The topological polar surface area (TPSA) is 79.5 Å². The van der Waals surface area contributed by atoms with Crippen LogP contribution >= 0.6 is 0 Å². The van der Waals surface area contributed by atoms with Crippen LogP contribution in [-0.2, 0) is 11.2 Å². The summed E-state index contributed by atoms with van der Waals surface area (Å²) in [6.45, 7) is 2.89. The normalized spacial score (nSPS) is 11.0. The van der Waals surface area contributed by atoms with Crippen molar-refractivity contribution in [2.45, 2.75) is 39.0 Å². The van der Waals surface area contributed by atoms with Gasteiger partial charge in [0.15, 0.2) is 5.82 Å². The number of hydrogen-bond donors (Lipinski definition) is 2. The van der Waals surface area contributed by atoms with Gasteiger partial charge in [-0.25, -0.2) is 9.50 Å². The first-order chi connectivity index (χ1) is 15.7. The Morgan fingerprint density at radius 1 is 1.00 bits per heavy atom. The smallest absolute Gasteiger partial charge is 0.303 e. The summed E-state index contributed by atoms with van der Waals surface area (Å²) in [5.74, 6) is 0.0470. The number of unbranched alkanes of at least 4 members (excludes halogenated alkanes) is 2. The molecule has 0 aliphatic rings. The fourth-order valence-electron chi connectivity index (χ4n) is 3.96. The van der Waals surface area contributed by atoms with E-state index in [1.807, 2.05) is 22.7 Å². The van der Waals surface area contributed by atoms with Gasteiger partial charge in [0.1, 0.15) is 11.8 Å². The lowest BCUT2D eigenvalue weighted by Gasteiger charge is -2.10. The summed E-state index contributed by atoms with van der Waals surface area (Å²) in [7, 11) is 0. The van der Waals surface area contributed by atoms with Crippen molar-refractivity contribution in [2.75, 3.05) is 11.9 Å². The van der Waals surface area contributed by atoms with Crippen molar-refractivity contribution in [3.63, 3.8) is 0 Å². The van der Waals surface area contributed by atoms with E-state index in [2.05, 4.69) is 64.9 Å². The number of benzene rings is 2. The molecule has 0 saturated carbocycles. The standard InChI is InChI=1S/C26H28N4O2/c1-2-19-12-14-21(15-13-19)24-22(20-9-5-3-6-10-20)17-30-25(24)26(28-18-29-30)27-16-8-4-7-11-23(31)32/h3,5-6,9-10,12-15,17-18H,2,4,7-8,11,16H2,1H3,(H,31,32)(H,27,28,29). The second-order valence-corrected chi connectivity index (χ2v) is 7.87. The summed E-state index contributed by atoms with van der Waals surface area (Å²) in [5, 5.41) is 16.7. The zero-order chi connectivity index (χ0) is 22.3. The Morgan fingerprint density at radius 3 is 2.50 bits per heavy atom. The first kappa shape index (κ1) is 21.6. The van der Waals surface area contributed by atoms with Crippen LogP contribution in [0.5, 0.6) is 0 Å². The molecule has 6 nitrogen and oxygen atoms in total. The number of carbonyl (C=O) groups is 1. The van der Waals surface area contributed by atoms with Gasteiger partial charge in [-0.15, -0.1) is 0 Å². The number of anilines is 1. The largest absolute Gasteiger partial charge is 0.481 e. The molecule has 2 aromatic carbocycles. The molecule has 0 atom stereocenters. The quantitative estimate of drug-likeness (QED) is 0.318. The molecule has 164 valence electrons. The van der Waals surface area contributed by atoms with E-state index >= 15 is 0 Å². The first-order valence-electron chi connectivity index (χ1n) is 11.1. The minimum absolute atomic E-state index is 0.217. The molecule has 0 fully saturated rings. The Labute approximate surface area is 187 Å². The molecule has 4 aromatic rings. The molecular weight excluding hydrogens is 400 g/mol. The lowest BCUT2D eigenvalue weighted by atomic mass is 9.96. The Kier molecular flexibility index (Phi) is 6.80.